The van der Waals surface area contributed by atoms with Crippen molar-refractivity contribution >= 4 is 5.91 Å². The quantitative estimate of drug-likeness (QED) is 0.816. The van der Waals surface area contributed by atoms with Crippen LogP contribution >= 0.6 is 0 Å². The molecule has 1 N–H and O–H groups in total. The van der Waals surface area contributed by atoms with Crippen LogP contribution in [0.3, 0.4) is 0 Å². The molecule has 2 heterocycles. The van der Waals surface area contributed by atoms with Gasteiger partial charge in [-0.25, -0.2) is 4.98 Å². The van der Waals surface area contributed by atoms with Crippen LogP contribution in [0.5, 0.6) is 5.88 Å². The van der Waals surface area contributed by atoms with Crippen LogP contribution in [0.15, 0.2) is 31.0 Å². The Balaban J connectivity index is 1.90. The van der Waals surface area contributed by atoms with Crippen LogP contribution in [0.1, 0.15) is 18.4 Å². The van der Waals surface area contributed by atoms with Crippen molar-refractivity contribution in [1.29, 1.82) is 0 Å². The largest absolute Gasteiger partial charge is 0.474 e. The van der Waals surface area contributed by atoms with Crippen LogP contribution in [-0.2, 0) is 16.1 Å². The summed E-state index contributed by atoms with van der Waals surface area (Å²) in [7, 11) is 0. The van der Waals surface area contributed by atoms with Crippen LogP contribution in [0.4, 0.5) is 0 Å². The SMILES string of the molecule is C=CC(=O)NCc1ccnc(OC2CCOCC2)c1. The van der Waals surface area contributed by atoms with Gasteiger partial charge in [0.2, 0.25) is 11.8 Å². The number of rotatable bonds is 5. The number of carbonyl (C=O) groups excluding carboxylic acids is 1. The lowest BCUT2D eigenvalue weighted by Crippen LogP contribution is -2.26. The predicted molar refractivity (Wildman–Crippen MR) is 70.7 cm³/mol. The highest BCUT2D eigenvalue weighted by Crippen LogP contribution is 2.16. The van der Waals surface area contributed by atoms with Crippen molar-refractivity contribution in [2.24, 2.45) is 0 Å². The second-order valence-corrected chi connectivity index (χ2v) is 4.35. The van der Waals surface area contributed by atoms with Crippen LogP contribution in [0, 0.1) is 0 Å². The lowest BCUT2D eigenvalue weighted by molar-refractivity contribution is -0.116. The summed E-state index contributed by atoms with van der Waals surface area (Å²) in [5, 5.41) is 2.72. The third-order valence-electron chi connectivity index (χ3n) is 2.91. The van der Waals surface area contributed by atoms with E-state index in [-0.39, 0.29) is 12.0 Å². The highest BCUT2D eigenvalue weighted by Gasteiger charge is 2.15. The Morgan fingerprint density at radius 1 is 1.58 bits per heavy atom. The molecule has 102 valence electrons. The van der Waals surface area contributed by atoms with Gasteiger partial charge in [0.05, 0.1) is 13.2 Å². The summed E-state index contributed by atoms with van der Waals surface area (Å²) in [6.45, 7) is 5.32. The maximum Gasteiger partial charge on any atom is 0.243 e. The first kappa shape index (κ1) is 13.5. The van der Waals surface area contributed by atoms with E-state index in [4.69, 9.17) is 9.47 Å². The van der Waals surface area contributed by atoms with Crippen LogP contribution in [-0.4, -0.2) is 30.2 Å². The molecule has 0 aliphatic carbocycles. The Morgan fingerprint density at radius 2 is 2.37 bits per heavy atom. The maximum absolute atomic E-state index is 11.1. The number of nitrogens with zero attached hydrogens (tertiary/aromatic N) is 1. The smallest absolute Gasteiger partial charge is 0.243 e. The van der Waals surface area contributed by atoms with E-state index in [2.05, 4.69) is 16.9 Å². The summed E-state index contributed by atoms with van der Waals surface area (Å²) in [5.41, 5.74) is 0.951. The van der Waals surface area contributed by atoms with Gasteiger partial charge in [0.1, 0.15) is 6.10 Å². The molecule has 0 bridgehead atoms. The molecule has 1 saturated heterocycles. The molecule has 0 saturated carbocycles. The molecular formula is C14H18N2O3. The number of hydrogen-bond donors (Lipinski definition) is 1. The summed E-state index contributed by atoms with van der Waals surface area (Å²) in [5.74, 6) is 0.404. The summed E-state index contributed by atoms with van der Waals surface area (Å²) in [4.78, 5) is 15.3. The molecule has 1 aromatic rings. The minimum atomic E-state index is -0.191. The first-order chi connectivity index (χ1) is 9.28. The maximum atomic E-state index is 11.1. The fourth-order valence-corrected chi connectivity index (χ4v) is 1.85. The number of nitrogens with one attached hydrogen (secondary N) is 1. The van der Waals surface area contributed by atoms with E-state index in [0.29, 0.717) is 12.4 Å². The number of hydrogen-bond acceptors (Lipinski definition) is 4. The Bertz CT molecular complexity index is 442. The highest BCUT2D eigenvalue weighted by atomic mass is 16.5. The van der Waals surface area contributed by atoms with Crippen molar-refractivity contribution in [3.63, 3.8) is 0 Å². The van der Waals surface area contributed by atoms with Crippen molar-refractivity contribution in [2.75, 3.05) is 13.2 Å². The summed E-state index contributed by atoms with van der Waals surface area (Å²) < 4.78 is 11.1. The first-order valence-electron chi connectivity index (χ1n) is 6.37. The molecule has 0 spiro atoms. The van der Waals surface area contributed by atoms with Gasteiger partial charge in [0.25, 0.3) is 0 Å². The molecule has 0 unspecified atom stereocenters. The Labute approximate surface area is 112 Å². The summed E-state index contributed by atoms with van der Waals surface area (Å²) in [6, 6.07) is 3.69. The minimum Gasteiger partial charge on any atom is -0.474 e. The van der Waals surface area contributed by atoms with E-state index in [1.54, 1.807) is 6.20 Å². The van der Waals surface area contributed by atoms with Gasteiger partial charge in [0.15, 0.2) is 0 Å². The summed E-state index contributed by atoms with van der Waals surface area (Å²) >= 11 is 0. The molecule has 5 heteroatoms. The van der Waals surface area contributed by atoms with E-state index >= 15 is 0 Å². The molecule has 1 fully saturated rings. The van der Waals surface area contributed by atoms with Gasteiger partial charge in [-0.1, -0.05) is 6.58 Å². The lowest BCUT2D eigenvalue weighted by Gasteiger charge is -2.22. The molecule has 5 nitrogen and oxygen atoms in total. The molecular weight excluding hydrogens is 244 g/mol. The van der Waals surface area contributed by atoms with E-state index in [0.717, 1.165) is 31.6 Å². The van der Waals surface area contributed by atoms with Gasteiger partial charge >= 0.3 is 0 Å². The van der Waals surface area contributed by atoms with Gasteiger partial charge in [-0.2, -0.15) is 0 Å². The van der Waals surface area contributed by atoms with Gasteiger partial charge in [-0.3, -0.25) is 4.79 Å². The van der Waals surface area contributed by atoms with Crippen molar-refractivity contribution in [3.05, 3.63) is 36.5 Å². The third-order valence-corrected chi connectivity index (χ3v) is 2.91. The molecule has 0 radical (unpaired) electrons. The van der Waals surface area contributed by atoms with Gasteiger partial charge in [0, 0.05) is 31.6 Å². The summed E-state index contributed by atoms with van der Waals surface area (Å²) in [6.07, 6.45) is 4.88. The van der Waals surface area contributed by atoms with E-state index in [9.17, 15) is 4.79 Å². The number of amides is 1. The fourth-order valence-electron chi connectivity index (χ4n) is 1.85. The average molecular weight is 262 g/mol. The van der Waals surface area contributed by atoms with Crippen LogP contribution < -0.4 is 10.1 Å². The number of carbonyl (C=O) groups is 1. The van der Waals surface area contributed by atoms with Crippen LogP contribution in [0.25, 0.3) is 0 Å². The molecule has 19 heavy (non-hydrogen) atoms. The molecule has 1 amide bonds. The molecule has 0 aromatic carbocycles. The average Bonchev–Trinajstić information content (AvgIpc) is 2.46. The first-order valence-corrected chi connectivity index (χ1v) is 6.37. The number of ether oxygens (including phenoxy) is 2. The van der Waals surface area contributed by atoms with E-state index < -0.39 is 0 Å². The highest BCUT2D eigenvalue weighted by molar-refractivity contribution is 5.86. The zero-order valence-electron chi connectivity index (χ0n) is 10.8. The number of pyridine rings is 1. The van der Waals surface area contributed by atoms with Crippen LogP contribution in [0.2, 0.25) is 0 Å². The molecule has 0 atom stereocenters. The second-order valence-electron chi connectivity index (χ2n) is 4.35. The minimum absolute atomic E-state index is 0.166. The van der Waals surface area contributed by atoms with E-state index in [1.165, 1.54) is 6.08 Å². The normalized spacial score (nSPS) is 15.8. The standard InChI is InChI=1S/C14H18N2O3/c1-2-13(17)16-10-11-3-6-15-14(9-11)19-12-4-7-18-8-5-12/h2-3,6,9,12H,1,4-5,7-8,10H2,(H,16,17). The Morgan fingerprint density at radius 3 is 3.11 bits per heavy atom. The third kappa shape index (κ3) is 4.37. The Kier molecular flexibility index (Phi) is 4.92. The molecule has 1 aromatic heterocycles. The number of aromatic nitrogens is 1. The fraction of sp³-hybridized carbons (Fsp3) is 0.429. The molecule has 2 rings (SSSR count). The topological polar surface area (TPSA) is 60.5 Å². The second kappa shape index (κ2) is 6.89. The van der Waals surface area contributed by atoms with Gasteiger partial charge < -0.3 is 14.8 Å². The van der Waals surface area contributed by atoms with Crippen molar-refractivity contribution in [2.45, 2.75) is 25.5 Å². The van der Waals surface area contributed by atoms with Crippen molar-refractivity contribution < 1.29 is 14.3 Å². The Hall–Kier alpha value is -1.88. The predicted octanol–water partition coefficient (Wildman–Crippen LogP) is 1.44. The lowest BCUT2D eigenvalue weighted by atomic mass is 10.1. The zero-order valence-corrected chi connectivity index (χ0v) is 10.8. The van der Waals surface area contributed by atoms with Gasteiger partial charge in [-0.05, 0) is 17.7 Å². The monoisotopic (exact) mass is 262 g/mol. The molecule has 1 aliphatic rings. The van der Waals surface area contributed by atoms with Gasteiger partial charge in [-0.15, -0.1) is 0 Å². The van der Waals surface area contributed by atoms with Crippen molar-refractivity contribution in [1.82, 2.24) is 10.3 Å². The van der Waals surface area contributed by atoms with Crippen molar-refractivity contribution in [3.8, 4) is 5.88 Å². The molecule has 1 aliphatic heterocycles. The van der Waals surface area contributed by atoms with E-state index in [1.807, 2.05) is 12.1 Å². The zero-order chi connectivity index (χ0) is 13.5.